The van der Waals surface area contributed by atoms with Crippen LogP contribution in [-0.2, 0) is 17.4 Å². The number of carboxylic acid groups (broad SMARTS) is 2. The standard InChI is InChI=1S/2C17H13ClN4O3.Cr.Na/c2*1-10-15(20-19-14-8-3-2-7-13(14)17(24)25)16(23)22(21-10)12-6-4-5-11(18)9-12;;/h2*2-9H,1H3,(H2,19,21,23,24,25);;/q;;+3;+1/p-4. The van der Waals surface area contributed by atoms with Gasteiger partial charge in [0.25, 0.3) is 11.1 Å². The minimum Gasteiger partial charge on any atom is -0.589 e. The van der Waals surface area contributed by atoms with Gasteiger partial charge in [-0.05, 0) is 48.5 Å². The van der Waals surface area contributed by atoms with Crippen LogP contribution >= 0.6 is 23.2 Å². The van der Waals surface area contributed by atoms with Gasteiger partial charge in [-0.25, -0.2) is 0 Å². The third kappa shape index (κ3) is 9.72. The summed E-state index contributed by atoms with van der Waals surface area (Å²) in [6, 6.07) is 25.3. The molecule has 2 aromatic heterocycles. The van der Waals surface area contributed by atoms with Crippen LogP contribution in [0.1, 0.15) is 32.1 Å². The van der Waals surface area contributed by atoms with E-state index in [4.69, 9.17) is 23.2 Å². The topological polar surface area (TPSA) is 202 Å². The van der Waals surface area contributed by atoms with E-state index in [-0.39, 0.29) is 80.8 Å². The van der Waals surface area contributed by atoms with Crippen molar-refractivity contribution in [1.29, 1.82) is 0 Å². The van der Waals surface area contributed by atoms with Crippen molar-refractivity contribution in [2.45, 2.75) is 13.8 Å². The smallest absolute Gasteiger partial charge is 0.589 e. The number of nitrogens with zero attached hydrogens (tertiary/aromatic N) is 8. The molecule has 4 aromatic carbocycles. The maximum atomic E-state index is 12.5. The van der Waals surface area contributed by atoms with Crippen molar-refractivity contribution < 1.29 is 66.7 Å². The van der Waals surface area contributed by atoms with Crippen LogP contribution in [0.15, 0.2) is 127 Å². The molecule has 0 atom stereocenters. The molecule has 0 aliphatic rings. The summed E-state index contributed by atoms with van der Waals surface area (Å²) in [5, 5.41) is 46.9. The van der Waals surface area contributed by atoms with E-state index in [2.05, 4.69) is 30.7 Å². The minimum absolute atomic E-state index is 0. The molecule has 6 aromatic rings. The zero-order chi connectivity index (χ0) is 35.9. The number of hydrogen-bond acceptors (Lipinski definition) is 10. The summed E-state index contributed by atoms with van der Waals surface area (Å²) in [6.45, 7) is 3.23. The van der Waals surface area contributed by atoms with Gasteiger partial charge in [-0.3, -0.25) is 9.59 Å². The van der Waals surface area contributed by atoms with E-state index >= 15 is 0 Å². The number of benzene rings is 4. The van der Waals surface area contributed by atoms with Crippen LogP contribution in [-0.4, -0.2) is 21.3 Å². The summed E-state index contributed by atoms with van der Waals surface area (Å²) in [5.74, 6) is -2.74. The minimum atomic E-state index is -1.37. The first-order valence-corrected chi connectivity index (χ1v) is 15.2. The number of azo groups is 2. The monoisotopic (exact) mass is 783 g/mol. The number of carboxylic acids is 2. The average molecular weight is 784 g/mol. The Labute approximate surface area is 337 Å². The predicted molar refractivity (Wildman–Crippen MR) is 180 cm³/mol. The third-order valence-corrected chi connectivity index (χ3v) is 7.31. The number of carbonyl (C=O) groups excluding carboxylic acids is 2. The van der Waals surface area contributed by atoms with Gasteiger partial charge in [-0.15, -0.1) is 31.8 Å². The molecule has 255 valence electrons. The predicted octanol–water partition coefficient (Wildman–Crippen LogP) is 2.07. The molecular weight excluding hydrogens is 762 g/mol. The number of aromatic nitrogens is 4. The van der Waals surface area contributed by atoms with Crippen molar-refractivity contribution in [2.75, 3.05) is 0 Å². The normalized spacial score (nSPS) is 10.7. The van der Waals surface area contributed by atoms with Crippen molar-refractivity contribution in [3.8, 4) is 11.4 Å². The van der Waals surface area contributed by atoms with Crippen molar-refractivity contribution >= 4 is 57.9 Å². The van der Waals surface area contributed by atoms with E-state index < -0.39 is 23.1 Å². The molecule has 18 heteroatoms. The number of aryl methyl sites for hydroxylation is 2. The van der Waals surface area contributed by atoms with Gasteiger partial charge in [0, 0.05) is 32.5 Å². The zero-order valence-electron chi connectivity index (χ0n) is 27.4. The van der Waals surface area contributed by atoms with Crippen molar-refractivity contribution in [3.63, 3.8) is 0 Å². The summed E-state index contributed by atoms with van der Waals surface area (Å²) in [7, 11) is 0. The van der Waals surface area contributed by atoms with Gasteiger partial charge >= 0.3 is 46.9 Å². The Balaban J connectivity index is 0.000000270. The average Bonchev–Trinajstić information content (AvgIpc) is 3.55. The SMILES string of the molecule is Cc1[n-]n(-c2cccc(Cl)c2)c(=O)c1N=Nc1ccccc1C(=O)[O-].Cc1[n-]n(-c2cccc(Cl)c2)c(=O)c1N=Nc1ccccc1C(=O)[O-].[Cr+3].[Na+]. The van der Waals surface area contributed by atoms with Crippen LogP contribution in [0.3, 0.4) is 0 Å². The molecule has 2 heterocycles. The molecule has 0 aliphatic heterocycles. The Morgan fingerprint density at radius 2 is 0.962 bits per heavy atom. The Kier molecular flexibility index (Phi) is 14.9. The van der Waals surface area contributed by atoms with Gasteiger partial charge in [0.2, 0.25) is 0 Å². The molecule has 0 amide bonds. The molecule has 52 heavy (non-hydrogen) atoms. The summed E-state index contributed by atoms with van der Waals surface area (Å²) < 4.78 is 2.33. The Hall–Kier alpha value is -4.85. The van der Waals surface area contributed by atoms with E-state index in [1.807, 2.05) is 0 Å². The van der Waals surface area contributed by atoms with Crippen molar-refractivity contribution in [3.05, 3.63) is 150 Å². The largest absolute Gasteiger partial charge is 3.00 e. The van der Waals surface area contributed by atoms with Crippen molar-refractivity contribution in [2.24, 2.45) is 20.5 Å². The Morgan fingerprint density at radius 1 is 0.596 bits per heavy atom. The van der Waals surface area contributed by atoms with Crippen LogP contribution in [0.2, 0.25) is 10.0 Å². The second kappa shape index (κ2) is 18.6. The molecule has 0 unspecified atom stereocenters. The molecule has 1 radical (unpaired) electrons. The fourth-order valence-electron chi connectivity index (χ4n) is 4.47. The maximum Gasteiger partial charge on any atom is 3.00 e. The van der Waals surface area contributed by atoms with Crippen LogP contribution in [0.25, 0.3) is 11.4 Å². The molecule has 0 saturated heterocycles. The molecule has 0 fully saturated rings. The molecule has 0 bridgehead atoms. The Morgan fingerprint density at radius 3 is 1.31 bits per heavy atom. The van der Waals surface area contributed by atoms with E-state index in [9.17, 15) is 29.4 Å². The van der Waals surface area contributed by atoms with Gasteiger partial charge in [0.1, 0.15) is 11.4 Å². The van der Waals surface area contributed by atoms with Crippen LogP contribution < -0.4 is 61.1 Å². The second-order valence-electron chi connectivity index (χ2n) is 10.3. The number of hydrogen-bond donors (Lipinski definition) is 0. The molecule has 0 saturated carbocycles. The number of rotatable bonds is 8. The van der Waals surface area contributed by atoms with Crippen LogP contribution in [0.4, 0.5) is 22.7 Å². The summed E-state index contributed by atoms with van der Waals surface area (Å²) in [5.41, 5.74) is 0.768. The summed E-state index contributed by atoms with van der Waals surface area (Å²) in [4.78, 5) is 47.2. The second-order valence-corrected chi connectivity index (χ2v) is 11.1. The summed E-state index contributed by atoms with van der Waals surface area (Å²) in [6.07, 6.45) is 0. The molecule has 0 N–H and O–H groups in total. The quantitative estimate of drug-likeness (QED) is 0.165. The van der Waals surface area contributed by atoms with Gasteiger partial charge in [-0.1, -0.05) is 85.6 Å². The zero-order valence-corrected chi connectivity index (χ0v) is 32.2. The van der Waals surface area contributed by atoms with E-state index in [1.54, 1.807) is 86.6 Å². The Bertz CT molecular complexity index is 2250. The number of halogens is 2. The molecule has 14 nitrogen and oxygen atoms in total. The van der Waals surface area contributed by atoms with E-state index in [0.29, 0.717) is 32.8 Å². The van der Waals surface area contributed by atoms with Crippen LogP contribution in [0, 0.1) is 13.8 Å². The van der Waals surface area contributed by atoms with E-state index in [1.165, 1.54) is 33.6 Å². The third-order valence-electron chi connectivity index (χ3n) is 6.84. The van der Waals surface area contributed by atoms with Crippen molar-refractivity contribution in [1.82, 2.24) is 19.6 Å². The van der Waals surface area contributed by atoms with Gasteiger partial charge in [0.15, 0.2) is 0 Å². The fourth-order valence-corrected chi connectivity index (χ4v) is 4.84. The van der Waals surface area contributed by atoms with Gasteiger partial charge in [-0.2, -0.15) is 0 Å². The number of carbonyl (C=O) groups is 2. The maximum absolute atomic E-state index is 12.5. The van der Waals surface area contributed by atoms with Gasteiger partial charge < -0.3 is 39.4 Å². The molecule has 0 aliphatic carbocycles. The fraction of sp³-hybridized carbons (Fsp3) is 0.0588. The molecule has 0 spiro atoms. The van der Waals surface area contributed by atoms with E-state index in [0.717, 1.165) is 0 Å². The number of aromatic carboxylic acids is 2. The van der Waals surface area contributed by atoms with Gasteiger partial charge in [0.05, 0.1) is 23.3 Å². The first kappa shape index (κ1) is 41.6. The molecular formula is C34H22Cl2CrN8NaO6. The first-order valence-electron chi connectivity index (χ1n) is 14.4. The van der Waals surface area contributed by atoms with Crippen LogP contribution in [0.5, 0.6) is 0 Å². The first-order chi connectivity index (χ1) is 23.9. The summed E-state index contributed by atoms with van der Waals surface area (Å²) >= 11 is 11.9. The molecule has 6 rings (SSSR count).